The number of imidazole rings is 1. The Kier molecular flexibility index (Phi) is 4.94. The molecule has 1 atom stereocenters. The third kappa shape index (κ3) is 3.47. The van der Waals surface area contributed by atoms with Gasteiger partial charge in [0, 0.05) is 13.1 Å². The summed E-state index contributed by atoms with van der Waals surface area (Å²) in [5.41, 5.74) is 0.765. The van der Waals surface area contributed by atoms with E-state index in [4.69, 9.17) is 9.39 Å². The summed E-state index contributed by atoms with van der Waals surface area (Å²) in [5, 5.41) is 22.5. The summed E-state index contributed by atoms with van der Waals surface area (Å²) in [6.07, 6.45) is 4.40. The highest BCUT2D eigenvalue weighted by Crippen LogP contribution is 2.39. The molecule has 1 fully saturated rings. The fraction of sp³-hybridized carbons (Fsp3) is 0.353. The van der Waals surface area contributed by atoms with Crippen LogP contribution in [0.25, 0.3) is 0 Å². The smallest absolute Gasteiger partial charge is 0.522 e. The minimum absolute atomic E-state index is 0.0145. The van der Waals surface area contributed by atoms with E-state index in [0.717, 1.165) is 10.6 Å². The third-order valence-electron chi connectivity index (χ3n) is 4.64. The van der Waals surface area contributed by atoms with Crippen LogP contribution in [0.4, 0.5) is 0 Å². The fourth-order valence-corrected chi connectivity index (χ4v) is 5.13. The molecule has 1 unspecified atom stereocenters. The van der Waals surface area contributed by atoms with E-state index in [1.54, 1.807) is 12.4 Å². The van der Waals surface area contributed by atoms with Crippen LogP contribution < -0.4 is 9.39 Å². The zero-order chi connectivity index (χ0) is 19.0. The molecule has 27 heavy (non-hydrogen) atoms. The number of hydrogen-bond donors (Lipinski definition) is 3. The molecular weight excluding hydrogens is 369 g/mol. The highest BCUT2D eigenvalue weighted by Gasteiger charge is 2.34. The zero-order valence-electron chi connectivity index (χ0n) is 14.8. The minimum Gasteiger partial charge on any atom is -0.535 e. The first-order valence-corrected chi connectivity index (χ1v) is 9.98. The summed E-state index contributed by atoms with van der Waals surface area (Å²) in [4.78, 5) is 19.0. The maximum absolute atomic E-state index is 11.8. The number of aromatic nitrogens is 2. The number of carboxylic acids is 1. The Labute approximate surface area is 159 Å². The van der Waals surface area contributed by atoms with Crippen LogP contribution in [-0.4, -0.2) is 62.1 Å². The van der Waals surface area contributed by atoms with E-state index in [1.165, 1.54) is 0 Å². The molecule has 0 spiro atoms. The van der Waals surface area contributed by atoms with Crippen LogP contribution in [0, 0.1) is 0 Å². The molecule has 2 aromatic rings. The molecule has 1 aromatic heterocycles. The normalized spacial score (nSPS) is 18.5. The SMILES string of the molecule is C/C=S(\c1cnc[nH]1)N1CC(Oc2ccc3c(c2C(=O)O)OB(O)CC3)C1. The van der Waals surface area contributed by atoms with E-state index < -0.39 is 13.1 Å². The van der Waals surface area contributed by atoms with Gasteiger partial charge in [0.15, 0.2) is 0 Å². The Morgan fingerprint density at radius 2 is 2.33 bits per heavy atom. The van der Waals surface area contributed by atoms with E-state index in [9.17, 15) is 14.9 Å². The van der Waals surface area contributed by atoms with Gasteiger partial charge in [-0.15, -0.1) is 0 Å². The van der Waals surface area contributed by atoms with Crippen molar-refractivity contribution in [1.29, 1.82) is 0 Å². The third-order valence-corrected chi connectivity index (χ3v) is 6.61. The second kappa shape index (κ2) is 7.38. The molecule has 2 aliphatic rings. The molecule has 1 saturated heterocycles. The van der Waals surface area contributed by atoms with Crippen LogP contribution in [0.15, 0.2) is 29.7 Å². The first-order chi connectivity index (χ1) is 13.1. The maximum Gasteiger partial charge on any atom is 0.522 e. The van der Waals surface area contributed by atoms with Gasteiger partial charge in [0.05, 0.1) is 12.5 Å². The van der Waals surface area contributed by atoms with Crippen LogP contribution >= 0.6 is 10.7 Å². The number of hydrogen-bond acceptors (Lipinski definition) is 6. The Morgan fingerprint density at radius 3 is 3.00 bits per heavy atom. The Hall–Kier alpha value is -2.30. The number of carboxylic acid groups (broad SMARTS) is 1. The molecule has 8 nitrogen and oxygen atoms in total. The highest BCUT2D eigenvalue weighted by molar-refractivity contribution is 8.12. The van der Waals surface area contributed by atoms with E-state index in [0.29, 0.717) is 25.8 Å². The average molecular weight is 389 g/mol. The van der Waals surface area contributed by atoms with Gasteiger partial charge < -0.3 is 24.5 Å². The predicted molar refractivity (Wildman–Crippen MR) is 103 cm³/mol. The number of aryl methyl sites for hydroxylation is 1. The monoisotopic (exact) mass is 389 g/mol. The molecule has 0 aliphatic carbocycles. The van der Waals surface area contributed by atoms with Crippen molar-refractivity contribution in [1.82, 2.24) is 14.3 Å². The second-order valence-electron chi connectivity index (χ2n) is 6.40. The van der Waals surface area contributed by atoms with Crippen molar-refractivity contribution < 1.29 is 24.3 Å². The van der Waals surface area contributed by atoms with Crippen molar-refractivity contribution in [3.8, 4) is 11.5 Å². The van der Waals surface area contributed by atoms with Gasteiger partial charge in [0.1, 0.15) is 28.2 Å². The lowest BCUT2D eigenvalue weighted by molar-refractivity contribution is 0.0650. The van der Waals surface area contributed by atoms with Gasteiger partial charge in [0.25, 0.3) is 0 Å². The maximum atomic E-state index is 11.8. The van der Waals surface area contributed by atoms with E-state index in [1.807, 2.05) is 19.2 Å². The summed E-state index contributed by atoms with van der Waals surface area (Å²) < 4.78 is 13.6. The zero-order valence-corrected chi connectivity index (χ0v) is 15.6. The molecule has 142 valence electrons. The molecule has 4 rings (SSSR count). The number of fused-ring (bicyclic) bond motifs is 1. The summed E-state index contributed by atoms with van der Waals surface area (Å²) in [6, 6.07) is 3.50. The van der Waals surface area contributed by atoms with Crippen LogP contribution in [0.3, 0.4) is 0 Å². The number of nitrogens with zero attached hydrogens (tertiary/aromatic N) is 2. The first kappa shape index (κ1) is 18.1. The van der Waals surface area contributed by atoms with Crippen LogP contribution in [0.2, 0.25) is 6.32 Å². The van der Waals surface area contributed by atoms with Gasteiger partial charge >= 0.3 is 13.1 Å². The molecule has 0 saturated carbocycles. The molecule has 10 heteroatoms. The van der Waals surface area contributed by atoms with E-state index in [-0.39, 0.29) is 33.8 Å². The number of carbonyl (C=O) groups is 1. The highest BCUT2D eigenvalue weighted by atomic mass is 32.2. The second-order valence-corrected chi connectivity index (χ2v) is 8.45. The fourth-order valence-electron chi connectivity index (χ4n) is 3.30. The number of aromatic carboxylic acids is 1. The summed E-state index contributed by atoms with van der Waals surface area (Å²) >= 11 is 0. The quantitative estimate of drug-likeness (QED) is 0.527. The average Bonchev–Trinajstić information content (AvgIpc) is 3.13. The molecule has 0 radical (unpaired) electrons. The number of nitrogens with one attached hydrogen (secondary N) is 1. The molecule has 2 aliphatic heterocycles. The number of rotatable bonds is 5. The summed E-state index contributed by atoms with van der Waals surface area (Å²) in [5.74, 6) is -0.623. The van der Waals surface area contributed by atoms with Crippen molar-refractivity contribution in [3.63, 3.8) is 0 Å². The van der Waals surface area contributed by atoms with Crippen LogP contribution in [-0.2, 0) is 6.42 Å². The first-order valence-electron chi connectivity index (χ1n) is 8.73. The van der Waals surface area contributed by atoms with Gasteiger partial charge in [-0.25, -0.2) is 14.1 Å². The Bertz CT molecular complexity index is 883. The number of benzene rings is 1. The van der Waals surface area contributed by atoms with Crippen LogP contribution in [0.5, 0.6) is 11.5 Å². The van der Waals surface area contributed by atoms with Gasteiger partial charge in [-0.1, -0.05) is 16.7 Å². The van der Waals surface area contributed by atoms with Crippen molar-refractivity contribution in [2.45, 2.75) is 30.8 Å². The summed E-state index contributed by atoms with van der Waals surface area (Å²) in [6.45, 7) is 3.38. The number of H-pyrrole nitrogens is 1. The van der Waals surface area contributed by atoms with Crippen molar-refractivity contribution >= 4 is 29.1 Å². The van der Waals surface area contributed by atoms with E-state index in [2.05, 4.69) is 19.6 Å². The number of ether oxygens (including phenoxy) is 1. The van der Waals surface area contributed by atoms with Gasteiger partial charge in [0.2, 0.25) is 0 Å². The Morgan fingerprint density at radius 1 is 1.52 bits per heavy atom. The number of aromatic amines is 1. The van der Waals surface area contributed by atoms with Gasteiger partial charge in [-0.05, 0) is 36.7 Å². The molecule has 3 heterocycles. The lowest BCUT2D eigenvalue weighted by atomic mass is 9.78. The largest absolute Gasteiger partial charge is 0.535 e. The van der Waals surface area contributed by atoms with Crippen molar-refractivity contribution in [2.24, 2.45) is 0 Å². The molecular formula is C17H20BN3O5S. The molecule has 0 bridgehead atoms. The van der Waals surface area contributed by atoms with Crippen molar-refractivity contribution in [2.75, 3.05) is 13.1 Å². The molecule has 3 N–H and O–H groups in total. The lowest BCUT2D eigenvalue weighted by Crippen LogP contribution is -2.51. The van der Waals surface area contributed by atoms with Crippen LogP contribution in [0.1, 0.15) is 22.8 Å². The Balaban J connectivity index is 1.50. The van der Waals surface area contributed by atoms with E-state index >= 15 is 0 Å². The molecule has 1 aromatic carbocycles. The topological polar surface area (TPSA) is 108 Å². The van der Waals surface area contributed by atoms with Crippen molar-refractivity contribution in [3.05, 3.63) is 35.8 Å². The van der Waals surface area contributed by atoms with Gasteiger partial charge in [-0.3, -0.25) is 0 Å². The molecule has 0 amide bonds. The lowest BCUT2D eigenvalue weighted by Gasteiger charge is -2.40. The predicted octanol–water partition coefficient (Wildman–Crippen LogP) is 1.65. The summed E-state index contributed by atoms with van der Waals surface area (Å²) in [7, 11) is -1.17. The standard InChI is InChI=1S/C17H20BN3O5S/c1-2-27(14-7-19-10-20-14)21-8-12(9-21)25-13-4-3-11-5-6-18(24)26-16(11)15(13)17(22)23/h2-4,7,10,12,24H,5-6,8-9H2,1H3,(H,19,20)(H,22,23). The van der Waals surface area contributed by atoms with Gasteiger partial charge in [-0.2, -0.15) is 0 Å². The minimum atomic E-state index is -1.12.